The van der Waals surface area contributed by atoms with Crippen molar-refractivity contribution in [1.82, 2.24) is 14.5 Å². The maximum Gasteiger partial charge on any atom is 0.220 e. The first kappa shape index (κ1) is 21.2. The van der Waals surface area contributed by atoms with Gasteiger partial charge in [-0.1, -0.05) is 50.2 Å². The largest absolute Gasteiger partial charge is 0.505 e. The number of aromatic hydroxyl groups is 1. The highest BCUT2D eigenvalue weighted by Gasteiger charge is 2.16. The van der Waals surface area contributed by atoms with Gasteiger partial charge in [0.05, 0.1) is 11.0 Å². The van der Waals surface area contributed by atoms with Crippen LogP contribution in [0.2, 0.25) is 0 Å². The van der Waals surface area contributed by atoms with Crippen molar-refractivity contribution in [3.8, 4) is 23.2 Å². The summed E-state index contributed by atoms with van der Waals surface area (Å²) in [5.41, 5.74) is 4.65. The van der Waals surface area contributed by atoms with Crippen LogP contribution in [0.5, 0.6) is 17.4 Å². The SMILES string of the molecule is CCc1ccc2c(CC)cc(Oc3ccc4c5ccccc5n(-c5ccccn5)c4c3)nc2c1O. The smallest absolute Gasteiger partial charge is 0.220 e. The van der Waals surface area contributed by atoms with Crippen LogP contribution in [-0.2, 0) is 12.8 Å². The number of pyridine rings is 2. The van der Waals surface area contributed by atoms with E-state index in [1.165, 1.54) is 0 Å². The van der Waals surface area contributed by atoms with Crippen molar-refractivity contribution in [2.45, 2.75) is 26.7 Å². The zero-order valence-corrected chi connectivity index (χ0v) is 19.7. The van der Waals surface area contributed by atoms with Crippen LogP contribution in [0.25, 0.3) is 38.5 Å². The molecule has 5 heteroatoms. The Bertz CT molecular complexity index is 1700. The zero-order chi connectivity index (χ0) is 23.9. The molecule has 6 rings (SSSR count). The van der Waals surface area contributed by atoms with Crippen LogP contribution in [0.1, 0.15) is 25.0 Å². The predicted octanol–water partition coefficient (Wildman–Crippen LogP) is 7.35. The third-order valence-corrected chi connectivity index (χ3v) is 6.61. The first-order valence-corrected chi connectivity index (χ1v) is 11.9. The first-order chi connectivity index (χ1) is 17.2. The molecule has 0 saturated heterocycles. The zero-order valence-electron chi connectivity index (χ0n) is 19.7. The van der Waals surface area contributed by atoms with Gasteiger partial charge in [-0.05, 0) is 54.3 Å². The molecule has 0 spiro atoms. The number of ether oxygens (including phenoxy) is 1. The number of hydrogen-bond acceptors (Lipinski definition) is 4. The van der Waals surface area contributed by atoms with Crippen molar-refractivity contribution in [3.05, 3.63) is 96.2 Å². The molecule has 6 aromatic rings. The van der Waals surface area contributed by atoms with E-state index in [4.69, 9.17) is 9.72 Å². The summed E-state index contributed by atoms with van der Waals surface area (Å²) in [5, 5.41) is 14.1. The Balaban J connectivity index is 1.51. The number of phenolic OH excluding ortho intramolecular Hbond substituents is 1. The molecule has 0 bridgehead atoms. The van der Waals surface area contributed by atoms with Crippen LogP contribution in [0.4, 0.5) is 0 Å². The highest BCUT2D eigenvalue weighted by Crippen LogP contribution is 2.36. The Morgan fingerprint density at radius 1 is 0.771 bits per heavy atom. The Morgan fingerprint density at radius 3 is 2.34 bits per heavy atom. The summed E-state index contributed by atoms with van der Waals surface area (Å²) in [7, 11) is 0. The Labute approximate surface area is 203 Å². The third-order valence-electron chi connectivity index (χ3n) is 6.61. The van der Waals surface area contributed by atoms with Crippen LogP contribution in [-0.4, -0.2) is 19.6 Å². The number of aromatic nitrogens is 3. The van der Waals surface area contributed by atoms with Gasteiger partial charge in [-0.2, -0.15) is 0 Å². The lowest BCUT2D eigenvalue weighted by atomic mass is 10.0. The van der Waals surface area contributed by atoms with Crippen molar-refractivity contribution in [3.63, 3.8) is 0 Å². The molecule has 0 atom stereocenters. The summed E-state index contributed by atoms with van der Waals surface area (Å²) in [6.07, 6.45) is 3.36. The molecule has 0 fully saturated rings. The van der Waals surface area contributed by atoms with Gasteiger partial charge in [0, 0.05) is 34.5 Å². The summed E-state index contributed by atoms with van der Waals surface area (Å²) in [4.78, 5) is 9.30. The molecule has 0 aliphatic carbocycles. The van der Waals surface area contributed by atoms with Gasteiger partial charge in [-0.25, -0.2) is 9.97 Å². The van der Waals surface area contributed by atoms with E-state index in [1.54, 1.807) is 6.20 Å². The molecule has 172 valence electrons. The van der Waals surface area contributed by atoms with Gasteiger partial charge >= 0.3 is 0 Å². The Hall–Kier alpha value is -4.38. The van der Waals surface area contributed by atoms with E-state index in [9.17, 15) is 5.11 Å². The molecular weight excluding hydrogens is 434 g/mol. The van der Waals surface area contributed by atoms with Crippen molar-refractivity contribution in [2.75, 3.05) is 0 Å². The van der Waals surface area contributed by atoms with Crippen LogP contribution in [0.3, 0.4) is 0 Å². The molecular formula is C30H25N3O2. The van der Waals surface area contributed by atoms with Crippen molar-refractivity contribution < 1.29 is 9.84 Å². The van der Waals surface area contributed by atoms with Crippen molar-refractivity contribution >= 4 is 32.7 Å². The molecule has 3 aromatic carbocycles. The van der Waals surface area contributed by atoms with Gasteiger partial charge in [0.15, 0.2) is 0 Å². The van der Waals surface area contributed by atoms with Gasteiger partial charge in [-0.3, -0.25) is 4.57 Å². The number of hydrogen-bond donors (Lipinski definition) is 1. The van der Waals surface area contributed by atoms with E-state index < -0.39 is 0 Å². The standard InChI is InChI=1S/C30H25N3O2/c1-3-19-12-14-22-20(4-2)17-28(32-29(22)30(19)34)35-21-13-15-24-23-9-5-6-10-25(23)33(26(24)18-21)27-11-7-8-16-31-27/h5-18,34H,3-4H2,1-2H3. The minimum absolute atomic E-state index is 0.232. The highest BCUT2D eigenvalue weighted by atomic mass is 16.5. The predicted molar refractivity (Wildman–Crippen MR) is 141 cm³/mol. The second-order valence-electron chi connectivity index (χ2n) is 8.62. The summed E-state index contributed by atoms with van der Waals surface area (Å²) in [6, 6.07) is 26.3. The lowest BCUT2D eigenvalue weighted by molar-refractivity contribution is 0.458. The number of rotatable bonds is 5. The van der Waals surface area contributed by atoms with Gasteiger partial charge in [0.25, 0.3) is 0 Å². The van der Waals surface area contributed by atoms with E-state index in [-0.39, 0.29) is 5.75 Å². The molecule has 3 aromatic heterocycles. The summed E-state index contributed by atoms with van der Waals surface area (Å²) >= 11 is 0. The minimum Gasteiger partial charge on any atom is -0.505 e. The van der Waals surface area contributed by atoms with Crippen molar-refractivity contribution in [2.24, 2.45) is 0 Å². The van der Waals surface area contributed by atoms with Crippen LogP contribution in [0.15, 0.2) is 85.1 Å². The number of nitrogens with zero attached hydrogens (tertiary/aromatic N) is 3. The fraction of sp³-hybridized carbons (Fsp3) is 0.133. The van der Waals surface area contributed by atoms with E-state index in [0.717, 1.165) is 57.0 Å². The topological polar surface area (TPSA) is 60.2 Å². The van der Waals surface area contributed by atoms with E-state index in [2.05, 4.69) is 40.7 Å². The fourth-order valence-electron chi connectivity index (χ4n) is 4.86. The highest BCUT2D eigenvalue weighted by molar-refractivity contribution is 6.09. The van der Waals surface area contributed by atoms with Crippen molar-refractivity contribution in [1.29, 1.82) is 0 Å². The van der Waals surface area contributed by atoms with E-state index >= 15 is 0 Å². The fourth-order valence-corrected chi connectivity index (χ4v) is 4.86. The molecule has 0 saturated carbocycles. The number of para-hydroxylation sites is 1. The number of benzene rings is 3. The Kier molecular flexibility index (Phi) is 5.10. The number of aryl methyl sites for hydroxylation is 2. The number of fused-ring (bicyclic) bond motifs is 4. The molecule has 0 radical (unpaired) electrons. The molecule has 0 amide bonds. The molecule has 3 heterocycles. The average molecular weight is 460 g/mol. The summed E-state index contributed by atoms with van der Waals surface area (Å²) in [6.45, 7) is 4.12. The molecule has 0 aliphatic rings. The van der Waals surface area contributed by atoms with Crippen LogP contribution in [0, 0.1) is 0 Å². The Morgan fingerprint density at radius 2 is 1.54 bits per heavy atom. The third kappa shape index (κ3) is 3.48. The van der Waals surface area contributed by atoms with E-state index in [0.29, 0.717) is 17.1 Å². The first-order valence-electron chi connectivity index (χ1n) is 11.9. The maximum absolute atomic E-state index is 10.8. The van der Waals surface area contributed by atoms with Crippen LogP contribution < -0.4 is 4.74 Å². The molecule has 0 aliphatic heterocycles. The lowest BCUT2D eigenvalue weighted by Crippen LogP contribution is -1.97. The second-order valence-corrected chi connectivity index (χ2v) is 8.62. The maximum atomic E-state index is 10.8. The van der Waals surface area contributed by atoms with Gasteiger partial charge in [0.1, 0.15) is 22.8 Å². The normalized spacial score (nSPS) is 11.5. The minimum atomic E-state index is 0.232. The van der Waals surface area contributed by atoms with Crippen LogP contribution >= 0.6 is 0 Å². The second kappa shape index (κ2) is 8.44. The molecule has 35 heavy (non-hydrogen) atoms. The molecule has 0 unspecified atom stereocenters. The van der Waals surface area contributed by atoms with Gasteiger partial charge in [0.2, 0.25) is 5.88 Å². The lowest BCUT2D eigenvalue weighted by Gasteiger charge is -2.13. The summed E-state index contributed by atoms with van der Waals surface area (Å²) in [5.74, 6) is 2.23. The number of phenols is 1. The molecule has 5 nitrogen and oxygen atoms in total. The van der Waals surface area contributed by atoms with Gasteiger partial charge < -0.3 is 9.84 Å². The average Bonchev–Trinajstić information content (AvgIpc) is 3.23. The summed E-state index contributed by atoms with van der Waals surface area (Å²) < 4.78 is 8.45. The monoisotopic (exact) mass is 459 g/mol. The van der Waals surface area contributed by atoms with E-state index in [1.807, 2.05) is 61.5 Å². The van der Waals surface area contributed by atoms with Gasteiger partial charge in [-0.15, -0.1) is 0 Å². The molecule has 1 N–H and O–H groups in total. The quantitative estimate of drug-likeness (QED) is 0.293.